The zero-order valence-corrected chi connectivity index (χ0v) is 18.1. The van der Waals surface area contributed by atoms with E-state index in [0.29, 0.717) is 38.9 Å². The normalized spacial score (nSPS) is 14.5. The summed E-state index contributed by atoms with van der Waals surface area (Å²) >= 11 is 6.52. The maximum Gasteiger partial charge on any atom is 0.336 e. The van der Waals surface area contributed by atoms with Gasteiger partial charge in [-0.2, -0.15) is 0 Å². The number of aromatic nitrogens is 2. The second kappa shape index (κ2) is 7.65. The summed E-state index contributed by atoms with van der Waals surface area (Å²) < 4.78 is 5.84. The van der Waals surface area contributed by atoms with E-state index in [1.165, 1.54) is 6.07 Å². The number of hydrogen-bond donors (Lipinski definition) is 3. The molecule has 32 heavy (non-hydrogen) atoms. The standard InChI is InChI=1S/C25H21ClN2O4/c1-14-2-7-17(10-18(14)24(30)31)32-22-12-21-20(27-22)11-19(26)23(28-21)15-3-5-16(6-4-15)25(13-29)8-9-25/h2-7,10-12,27,29H,8-9,13H2,1H3,(H,30,31). The van der Waals surface area contributed by atoms with Crippen LogP contribution in [0.1, 0.15) is 34.3 Å². The molecule has 1 saturated carbocycles. The van der Waals surface area contributed by atoms with E-state index in [9.17, 15) is 15.0 Å². The molecule has 6 nitrogen and oxygen atoms in total. The summed E-state index contributed by atoms with van der Waals surface area (Å²) in [5.74, 6) is -0.144. The number of nitrogens with zero attached hydrogens (tertiary/aromatic N) is 1. The monoisotopic (exact) mass is 448 g/mol. The predicted molar refractivity (Wildman–Crippen MR) is 123 cm³/mol. The molecular weight excluding hydrogens is 428 g/mol. The van der Waals surface area contributed by atoms with Gasteiger partial charge in [0.2, 0.25) is 0 Å². The Hall–Kier alpha value is -3.35. The number of ether oxygens (including phenoxy) is 1. The minimum absolute atomic E-state index is 0.0803. The Morgan fingerprint density at radius 3 is 2.56 bits per heavy atom. The van der Waals surface area contributed by atoms with E-state index >= 15 is 0 Å². The van der Waals surface area contributed by atoms with Gasteiger partial charge in [-0.25, -0.2) is 9.78 Å². The molecule has 1 aliphatic carbocycles. The minimum atomic E-state index is -1.000. The topological polar surface area (TPSA) is 95.4 Å². The zero-order valence-electron chi connectivity index (χ0n) is 17.4. The van der Waals surface area contributed by atoms with Gasteiger partial charge in [0, 0.05) is 17.0 Å². The van der Waals surface area contributed by atoms with Crippen LogP contribution in [0.15, 0.2) is 54.6 Å². The van der Waals surface area contributed by atoms with Crippen LogP contribution in [0.2, 0.25) is 5.02 Å². The first-order chi connectivity index (χ1) is 15.4. The fraction of sp³-hybridized carbons (Fsp3) is 0.200. The number of aliphatic hydroxyl groups is 1. The van der Waals surface area contributed by atoms with Crippen molar-refractivity contribution in [3.63, 3.8) is 0 Å². The molecule has 1 aliphatic rings. The van der Waals surface area contributed by atoms with Crippen LogP contribution >= 0.6 is 11.6 Å². The number of halogens is 1. The number of pyridine rings is 1. The number of carboxylic acid groups (broad SMARTS) is 1. The van der Waals surface area contributed by atoms with Gasteiger partial charge in [0.15, 0.2) is 5.88 Å². The van der Waals surface area contributed by atoms with Crippen LogP contribution < -0.4 is 4.74 Å². The molecule has 0 spiro atoms. The SMILES string of the molecule is Cc1ccc(Oc2cc3nc(-c4ccc(C5(CO)CC5)cc4)c(Cl)cc3[nH]2)cc1C(=O)O. The van der Waals surface area contributed by atoms with E-state index in [1.807, 2.05) is 24.3 Å². The molecule has 5 rings (SSSR count). The number of aromatic carboxylic acids is 1. The van der Waals surface area contributed by atoms with Crippen molar-refractivity contribution in [3.8, 4) is 22.9 Å². The molecule has 0 saturated heterocycles. The smallest absolute Gasteiger partial charge is 0.336 e. The third-order valence-corrected chi connectivity index (χ3v) is 6.41. The third kappa shape index (κ3) is 3.61. The summed E-state index contributed by atoms with van der Waals surface area (Å²) in [4.78, 5) is 19.2. The van der Waals surface area contributed by atoms with Crippen LogP contribution in [-0.2, 0) is 5.41 Å². The number of hydrogen-bond acceptors (Lipinski definition) is 4. The average molecular weight is 449 g/mol. The van der Waals surface area contributed by atoms with Gasteiger partial charge in [0.05, 0.1) is 33.9 Å². The summed E-state index contributed by atoms with van der Waals surface area (Å²) in [5, 5.41) is 19.5. The van der Waals surface area contributed by atoms with Gasteiger partial charge >= 0.3 is 5.97 Å². The number of fused-ring (bicyclic) bond motifs is 1. The second-order valence-electron chi connectivity index (χ2n) is 8.28. The van der Waals surface area contributed by atoms with Gasteiger partial charge in [0.25, 0.3) is 0 Å². The number of aliphatic hydroxyl groups excluding tert-OH is 1. The van der Waals surface area contributed by atoms with E-state index in [4.69, 9.17) is 21.3 Å². The lowest BCUT2D eigenvalue weighted by molar-refractivity contribution is 0.0695. The van der Waals surface area contributed by atoms with Gasteiger partial charge in [-0.15, -0.1) is 0 Å². The van der Waals surface area contributed by atoms with Crippen molar-refractivity contribution in [1.82, 2.24) is 9.97 Å². The van der Waals surface area contributed by atoms with E-state index < -0.39 is 5.97 Å². The summed E-state index contributed by atoms with van der Waals surface area (Å²) in [6, 6.07) is 16.5. The van der Waals surface area contributed by atoms with Crippen LogP contribution in [0.3, 0.4) is 0 Å². The van der Waals surface area contributed by atoms with Crippen LogP contribution in [0.5, 0.6) is 11.6 Å². The fourth-order valence-electron chi connectivity index (χ4n) is 3.96. The summed E-state index contributed by atoms with van der Waals surface area (Å²) in [6.45, 7) is 1.91. The van der Waals surface area contributed by atoms with Gasteiger partial charge in [-0.1, -0.05) is 41.9 Å². The fourth-order valence-corrected chi connectivity index (χ4v) is 4.22. The van der Waals surface area contributed by atoms with Gasteiger partial charge in [-0.3, -0.25) is 0 Å². The maximum atomic E-state index is 11.4. The van der Waals surface area contributed by atoms with Gasteiger partial charge in [-0.05, 0) is 49.1 Å². The molecule has 0 amide bonds. The average Bonchev–Trinajstić information content (AvgIpc) is 3.49. The lowest BCUT2D eigenvalue weighted by atomic mass is 9.95. The highest BCUT2D eigenvalue weighted by atomic mass is 35.5. The summed E-state index contributed by atoms with van der Waals surface area (Å²) in [5.41, 5.74) is 4.87. The Bertz CT molecular complexity index is 1340. The minimum Gasteiger partial charge on any atom is -0.478 e. The Labute approximate surface area is 189 Å². The number of aromatic amines is 1. The third-order valence-electron chi connectivity index (χ3n) is 6.13. The molecule has 0 radical (unpaired) electrons. The lowest BCUT2D eigenvalue weighted by Crippen LogP contribution is -2.11. The van der Waals surface area contributed by atoms with Gasteiger partial charge in [0.1, 0.15) is 5.75 Å². The molecule has 2 heterocycles. The quantitative estimate of drug-likeness (QED) is 0.351. The molecular formula is C25H21ClN2O4. The molecule has 0 unspecified atom stereocenters. The molecule has 3 N–H and O–H groups in total. The number of aryl methyl sites for hydroxylation is 1. The first-order valence-electron chi connectivity index (χ1n) is 10.3. The van der Waals surface area contributed by atoms with Crippen LogP contribution in [0.25, 0.3) is 22.3 Å². The lowest BCUT2D eigenvalue weighted by Gasteiger charge is -2.13. The van der Waals surface area contributed by atoms with Crippen molar-refractivity contribution in [2.24, 2.45) is 0 Å². The highest BCUT2D eigenvalue weighted by Gasteiger charge is 2.43. The molecule has 162 valence electrons. The number of rotatable bonds is 6. The van der Waals surface area contributed by atoms with Crippen LogP contribution in [0, 0.1) is 6.92 Å². The van der Waals surface area contributed by atoms with Crippen molar-refractivity contribution in [2.45, 2.75) is 25.2 Å². The number of H-pyrrole nitrogens is 1. The second-order valence-corrected chi connectivity index (χ2v) is 8.69. The Kier molecular flexibility index (Phi) is 4.92. The number of benzene rings is 2. The molecule has 0 bridgehead atoms. The van der Waals surface area contributed by atoms with E-state index in [2.05, 4.69) is 4.98 Å². The first kappa shape index (κ1) is 20.5. The van der Waals surface area contributed by atoms with Gasteiger partial charge < -0.3 is 19.9 Å². The first-order valence-corrected chi connectivity index (χ1v) is 10.7. The Morgan fingerprint density at radius 2 is 1.91 bits per heavy atom. The predicted octanol–water partition coefficient (Wildman–Crippen LogP) is 5.71. The van der Waals surface area contributed by atoms with Crippen molar-refractivity contribution in [3.05, 3.63) is 76.3 Å². The van der Waals surface area contributed by atoms with Crippen LogP contribution in [-0.4, -0.2) is 32.8 Å². The Morgan fingerprint density at radius 1 is 1.16 bits per heavy atom. The molecule has 0 atom stereocenters. The summed E-state index contributed by atoms with van der Waals surface area (Å²) in [6.07, 6.45) is 2.02. The zero-order chi connectivity index (χ0) is 22.5. The van der Waals surface area contributed by atoms with Crippen molar-refractivity contribution in [1.29, 1.82) is 0 Å². The molecule has 7 heteroatoms. The summed E-state index contributed by atoms with van der Waals surface area (Å²) in [7, 11) is 0. The van der Waals surface area contributed by atoms with Crippen LogP contribution in [0.4, 0.5) is 0 Å². The molecule has 2 aromatic heterocycles. The highest BCUT2D eigenvalue weighted by molar-refractivity contribution is 6.33. The van der Waals surface area contributed by atoms with E-state index in [-0.39, 0.29) is 17.6 Å². The molecule has 4 aromatic rings. The maximum absolute atomic E-state index is 11.4. The number of nitrogens with one attached hydrogen (secondary N) is 1. The van der Waals surface area contributed by atoms with E-state index in [0.717, 1.165) is 24.0 Å². The molecule has 2 aromatic carbocycles. The Balaban J connectivity index is 1.44. The molecule has 0 aliphatic heterocycles. The van der Waals surface area contributed by atoms with Crippen molar-refractivity contribution >= 4 is 28.6 Å². The number of carbonyl (C=O) groups is 1. The number of carboxylic acids is 1. The molecule has 1 fully saturated rings. The van der Waals surface area contributed by atoms with E-state index in [1.54, 1.807) is 31.2 Å². The van der Waals surface area contributed by atoms with Crippen molar-refractivity contribution in [2.75, 3.05) is 6.61 Å². The highest BCUT2D eigenvalue weighted by Crippen LogP contribution is 2.48. The largest absolute Gasteiger partial charge is 0.478 e. The van der Waals surface area contributed by atoms with Crippen molar-refractivity contribution < 1.29 is 19.7 Å².